The Hall–Kier alpha value is -1.89. The van der Waals surface area contributed by atoms with Gasteiger partial charge in [-0.2, -0.15) is 0 Å². The van der Waals surface area contributed by atoms with Crippen LogP contribution in [0.15, 0.2) is 29.6 Å². The second-order valence-corrected chi connectivity index (χ2v) is 7.58. The third-order valence-electron chi connectivity index (χ3n) is 4.40. The average Bonchev–Trinajstić information content (AvgIpc) is 3.25. The molecule has 1 fully saturated rings. The number of quaternary nitrogens is 1. The van der Waals surface area contributed by atoms with Gasteiger partial charge in [-0.25, -0.2) is 4.79 Å². The molecule has 1 aliphatic rings. The highest BCUT2D eigenvalue weighted by Crippen LogP contribution is 2.36. The van der Waals surface area contributed by atoms with Gasteiger partial charge < -0.3 is 15.0 Å². The van der Waals surface area contributed by atoms with E-state index in [-0.39, 0.29) is 12.5 Å². The Labute approximate surface area is 161 Å². The van der Waals surface area contributed by atoms with Crippen LogP contribution < -0.4 is 10.2 Å². The smallest absolute Gasteiger partial charge is 0.341 e. The molecule has 5 nitrogen and oxygen atoms in total. The Bertz CT molecular complexity index is 783. The number of esters is 1. The molecule has 1 saturated heterocycles. The molecule has 1 aromatic heterocycles. The number of likely N-dealkylation sites (tertiary alicyclic amines) is 1. The zero-order valence-electron chi connectivity index (χ0n) is 14.6. The number of ether oxygens (including phenoxy) is 1. The number of anilines is 1. The van der Waals surface area contributed by atoms with Crippen molar-refractivity contribution >= 4 is 39.8 Å². The van der Waals surface area contributed by atoms with Gasteiger partial charge in [0.05, 0.1) is 19.7 Å². The fraction of sp³-hybridized carbons (Fsp3) is 0.368. The van der Waals surface area contributed by atoms with E-state index in [9.17, 15) is 9.59 Å². The lowest BCUT2D eigenvalue weighted by molar-refractivity contribution is -0.878. The molecule has 2 N–H and O–H groups in total. The van der Waals surface area contributed by atoms with E-state index in [1.165, 1.54) is 16.2 Å². The topological polar surface area (TPSA) is 59.8 Å². The predicted octanol–water partition coefficient (Wildman–Crippen LogP) is 2.86. The minimum atomic E-state index is -0.428. The Morgan fingerprint density at radius 2 is 1.92 bits per heavy atom. The van der Waals surface area contributed by atoms with Crippen LogP contribution in [0.25, 0.3) is 11.1 Å². The first-order valence-corrected chi connectivity index (χ1v) is 10.0. The number of thiophene rings is 1. The van der Waals surface area contributed by atoms with Crippen molar-refractivity contribution in [1.29, 1.82) is 0 Å². The number of carbonyl (C=O) groups excluding carboxylic acids is 2. The van der Waals surface area contributed by atoms with Crippen molar-refractivity contribution in [2.75, 3.05) is 31.6 Å². The first kappa shape index (κ1) is 18.9. The van der Waals surface area contributed by atoms with Gasteiger partial charge in [-0.1, -0.05) is 23.7 Å². The van der Waals surface area contributed by atoms with Crippen molar-refractivity contribution in [1.82, 2.24) is 0 Å². The standard InChI is InChI=1S/C19H21ClN2O3S/c1-2-25-19(24)17-15(13-5-7-14(20)8-6-13)12-26-18(17)21-16(23)11-22-9-3-4-10-22/h5-8,12H,2-4,9-11H2,1H3,(H,21,23)/p+1. The second-order valence-electron chi connectivity index (χ2n) is 6.26. The zero-order valence-corrected chi connectivity index (χ0v) is 16.2. The van der Waals surface area contributed by atoms with Gasteiger partial charge in [-0.05, 0) is 24.6 Å². The van der Waals surface area contributed by atoms with E-state index < -0.39 is 5.97 Å². The highest BCUT2D eigenvalue weighted by atomic mass is 35.5. The minimum Gasteiger partial charge on any atom is -0.462 e. The molecule has 0 aliphatic carbocycles. The maximum atomic E-state index is 12.5. The maximum absolute atomic E-state index is 12.5. The van der Waals surface area contributed by atoms with Gasteiger partial charge in [0.1, 0.15) is 10.6 Å². The Morgan fingerprint density at radius 3 is 2.58 bits per heavy atom. The third-order valence-corrected chi connectivity index (χ3v) is 5.55. The lowest BCUT2D eigenvalue weighted by Gasteiger charge is -2.12. The Balaban J connectivity index is 1.85. The molecule has 0 radical (unpaired) electrons. The average molecular weight is 394 g/mol. The maximum Gasteiger partial charge on any atom is 0.341 e. The van der Waals surface area contributed by atoms with E-state index >= 15 is 0 Å². The number of carbonyl (C=O) groups is 2. The molecular formula is C19H22ClN2O3S+. The van der Waals surface area contributed by atoms with E-state index in [1.54, 1.807) is 19.1 Å². The first-order valence-electron chi connectivity index (χ1n) is 8.76. The fourth-order valence-electron chi connectivity index (χ4n) is 3.15. The number of amides is 1. The molecule has 3 rings (SSSR count). The van der Waals surface area contributed by atoms with Crippen LogP contribution in [0.1, 0.15) is 30.1 Å². The lowest BCUT2D eigenvalue weighted by Crippen LogP contribution is -3.11. The highest BCUT2D eigenvalue weighted by Gasteiger charge is 2.25. The molecule has 0 unspecified atom stereocenters. The van der Waals surface area contributed by atoms with Crippen LogP contribution in [0.3, 0.4) is 0 Å². The van der Waals surface area contributed by atoms with Gasteiger partial charge in [-0.3, -0.25) is 4.79 Å². The second kappa shape index (κ2) is 8.66. The molecule has 2 aromatic rings. The molecule has 0 atom stereocenters. The highest BCUT2D eigenvalue weighted by molar-refractivity contribution is 7.15. The van der Waals surface area contributed by atoms with Crippen molar-refractivity contribution < 1.29 is 19.2 Å². The van der Waals surface area contributed by atoms with Gasteiger partial charge in [0.25, 0.3) is 5.91 Å². The minimum absolute atomic E-state index is 0.0723. The van der Waals surface area contributed by atoms with Gasteiger partial charge in [0.15, 0.2) is 6.54 Å². The summed E-state index contributed by atoms with van der Waals surface area (Å²) in [6, 6.07) is 7.26. The lowest BCUT2D eigenvalue weighted by atomic mass is 10.0. The monoisotopic (exact) mass is 393 g/mol. The normalized spacial score (nSPS) is 14.4. The zero-order chi connectivity index (χ0) is 18.5. The van der Waals surface area contributed by atoms with Crippen molar-refractivity contribution in [3.63, 3.8) is 0 Å². The van der Waals surface area contributed by atoms with E-state index in [1.807, 2.05) is 17.5 Å². The number of benzene rings is 1. The summed E-state index contributed by atoms with van der Waals surface area (Å²) in [6.45, 7) is 4.52. The largest absolute Gasteiger partial charge is 0.462 e. The molecule has 1 aromatic carbocycles. The summed E-state index contributed by atoms with van der Waals surface area (Å²) in [4.78, 5) is 26.2. The fourth-order valence-corrected chi connectivity index (χ4v) is 4.25. The van der Waals surface area contributed by atoms with Crippen molar-refractivity contribution in [2.24, 2.45) is 0 Å². The van der Waals surface area contributed by atoms with Crippen molar-refractivity contribution in [3.8, 4) is 11.1 Å². The molecular weight excluding hydrogens is 372 g/mol. The third kappa shape index (κ3) is 4.44. The summed E-state index contributed by atoms with van der Waals surface area (Å²) >= 11 is 7.30. The molecule has 0 saturated carbocycles. The molecule has 7 heteroatoms. The van der Waals surface area contributed by atoms with Gasteiger partial charge in [0, 0.05) is 28.8 Å². The molecule has 0 bridgehead atoms. The SMILES string of the molecule is CCOC(=O)c1c(-c2ccc(Cl)cc2)csc1NC(=O)C[NH+]1CCCC1. The van der Waals surface area contributed by atoms with Crippen molar-refractivity contribution in [2.45, 2.75) is 19.8 Å². The number of nitrogens with one attached hydrogen (secondary N) is 2. The van der Waals surface area contributed by atoms with Crippen LogP contribution in [0.5, 0.6) is 0 Å². The van der Waals surface area contributed by atoms with E-state index in [0.29, 0.717) is 22.1 Å². The summed E-state index contributed by atoms with van der Waals surface area (Å²) in [6.07, 6.45) is 2.33. The summed E-state index contributed by atoms with van der Waals surface area (Å²) in [5.74, 6) is -0.500. The van der Waals surface area contributed by atoms with Gasteiger partial charge in [0.2, 0.25) is 0 Å². The van der Waals surface area contributed by atoms with Crippen LogP contribution >= 0.6 is 22.9 Å². The van der Waals surface area contributed by atoms with E-state index in [2.05, 4.69) is 5.32 Å². The van der Waals surface area contributed by atoms with Crippen LogP contribution in [-0.4, -0.2) is 38.1 Å². The van der Waals surface area contributed by atoms with Gasteiger partial charge >= 0.3 is 5.97 Å². The molecule has 26 heavy (non-hydrogen) atoms. The summed E-state index contributed by atoms with van der Waals surface area (Å²) in [7, 11) is 0. The van der Waals surface area contributed by atoms with E-state index in [4.69, 9.17) is 16.3 Å². The van der Waals surface area contributed by atoms with E-state index in [0.717, 1.165) is 37.1 Å². The quantitative estimate of drug-likeness (QED) is 0.742. The first-order chi connectivity index (χ1) is 12.6. The van der Waals surface area contributed by atoms with Crippen LogP contribution in [0.2, 0.25) is 5.02 Å². The molecule has 138 valence electrons. The molecule has 0 spiro atoms. The molecule has 2 heterocycles. The van der Waals surface area contributed by atoms with Gasteiger partial charge in [-0.15, -0.1) is 11.3 Å². The Kier molecular flexibility index (Phi) is 6.29. The Morgan fingerprint density at radius 1 is 1.23 bits per heavy atom. The molecule has 1 aliphatic heterocycles. The van der Waals surface area contributed by atoms with Crippen LogP contribution in [0.4, 0.5) is 5.00 Å². The van der Waals surface area contributed by atoms with Crippen molar-refractivity contribution in [3.05, 3.63) is 40.2 Å². The van der Waals surface area contributed by atoms with Crippen LogP contribution in [-0.2, 0) is 9.53 Å². The predicted molar refractivity (Wildman–Crippen MR) is 104 cm³/mol. The summed E-state index contributed by atoms with van der Waals surface area (Å²) < 4.78 is 5.21. The summed E-state index contributed by atoms with van der Waals surface area (Å²) in [5, 5.41) is 5.95. The molecule has 1 amide bonds. The van der Waals surface area contributed by atoms with Crippen LogP contribution in [0, 0.1) is 0 Å². The number of halogens is 1. The summed E-state index contributed by atoms with van der Waals surface area (Å²) in [5.41, 5.74) is 2.01. The number of hydrogen-bond acceptors (Lipinski definition) is 4. The number of hydrogen-bond donors (Lipinski definition) is 2. The number of rotatable bonds is 6.